The van der Waals surface area contributed by atoms with E-state index in [2.05, 4.69) is 13.8 Å². The van der Waals surface area contributed by atoms with Gasteiger partial charge in [0.2, 0.25) is 0 Å². The van der Waals surface area contributed by atoms with Gasteiger partial charge in [-0.3, -0.25) is 0 Å². The van der Waals surface area contributed by atoms with Crippen molar-refractivity contribution in [2.45, 2.75) is 117 Å². The predicted octanol–water partition coefficient (Wildman–Crippen LogP) is 8.88. The zero-order valence-electron chi connectivity index (χ0n) is 19.2. The normalized spacial score (nSPS) is 19.4. The second-order valence-electron chi connectivity index (χ2n) is 9.29. The topological polar surface area (TPSA) is 9.23 Å². The van der Waals surface area contributed by atoms with Crippen molar-refractivity contribution in [1.82, 2.24) is 0 Å². The van der Waals surface area contributed by atoms with E-state index in [1.807, 2.05) is 12.1 Å². The van der Waals surface area contributed by atoms with E-state index in [0.29, 0.717) is 12.4 Å². The minimum absolute atomic E-state index is 0.0863. The van der Waals surface area contributed by atoms with Crippen molar-refractivity contribution in [3.63, 3.8) is 0 Å². The van der Waals surface area contributed by atoms with E-state index in [4.69, 9.17) is 4.74 Å². The average molecular weight is 405 g/mol. The van der Waals surface area contributed by atoms with Crippen molar-refractivity contribution in [2.75, 3.05) is 6.61 Å². The first-order valence-electron chi connectivity index (χ1n) is 12.6. The number of benzene rings is 1. The standard InChI is InChI=1S/C27H45FO/c1-3-5-7-9-10-12-23-13-15-24(16-14-23)17-18-25-19-20-26(22-27(25)28)29-21-11-8-6-4-2/h19-20,22-24H,3-18,21H2,1-2H3/t23-,24-. The van der Waals surface area contributed by atoms with Crippen molar-refractivity contribution < 1.29 is 9.13 Å². The number of aryl methyl sites for hydroxylation is 1. The number of rotatable bonds is 15. The van der Waals surface area contributed by atoms with Crippen LogP contribution in [0.15, 0.2) is 18.2 Å². The maximum Gasteiger partial charge on any atom is 0.130 e. The molecule has 0 spiro atoms. The number of hydrogen-bond acceptors (Lipinski definition) is 1. The van der Waals surface area contributed by atoms with Crippen LogP contribution < -0.4 is 4.74 Å². The van der Waals surface area contributed by atoms with Crippen LogP contribution in [0.1, 0.15) is 116 Å². The Morgan fingerprint density at radius 2 is 1.41 bits per heavy atom. The van der Waals surface area contributed by atoms with Gasteiger partial charge in [0, 0.05) is 6.07 Å². The lowest BCUT2D eigenvalue weighted by Gasteiger charge is -2.28. The largest absolute Gasteiger partial charge is 0.493 e. The molecule has 1 aromatic rings. The van der Waals surface area contributed by atoms with Crippen LogP contribution in [0, 0.1) is 17.7 Å². The number of unbranched alkanes of at least 4 members (excludes halogenated alkanes) is 7. The van der Waals surface area contributed by atoms with Crippen LogP contribution in [0.3, 0.4) is 0 Å². The van der Waals surface area contributed by atoms with Gasteiger partial charge in [-0.2, -0.15) is 0 Å². The summed E-state index contributed by atoms with van der Waals surface area (Å²) in [5.74, 6) is 2.35. The third kappa shape index (κ3) is 10.0. The van der Waals surface area contributed by atoms with E-state index >= 15 is 0 Å². The van der Waals surface area contributed by atoms with Crippen molar-refractivity contribution >= 4 is 0 Å². The molecule has 166 valence electrons. The van der Waals surface area contributed by atoms with Crippen molar-refractivity contribution in [3.8, 4) is 5.75 Å². The quantitative estimate of drug-likeness (QED) is 0.265. The average Bonchev–Trinajstić information content (AvgIpc) is 2.74. The first-order chi connectivity index (χ1) is 14.2. The van der Waals surface area contributed by atoms with E-state index < -0.39 is 0 Å². The molecular formula is C27H45FO. The highest BCUT2D eigenvalue weighted by Crippen LogP contribution is 2.34. The Morgan fingerprint density at radius 1 is 0.793 bits per heavy atom. The van der Waals surface area contributed by atoms with Gasteiger partial charge in [-0.05, 0) is 42.7 Å². The van der Waals surface area contributed by atoms with Crippen LogP contribution in [-0.2, 0) is 6.42 Å². The molecular weight excluding hydrogens is 359 g/mol. The summed E-state index contributed by atoms with van der Waals surface area (Å²) in [6.45, 7) is 5.18. The van der Waals surface area contributed by atoms with Gasteiger partial charge in [-0.1, -0.05) is 103 Å². The fraction of sp³-hybridized carbons (Fsp3) is 0.778. The monoisotopic (exact) mass is 404 g/mol. The highest BCUT2D eigenvalue weighted by Gasteiger charge is 2.21. The van der Waals surface area contributed by atoms with Gasteiger partial charge in [0.1, 0.15) is 11.6 Å². The highest BCUT2D eigenvalue weighted by molar-refractivity contribution is 5.29. The van der Waals surface area contributed by atoms with E-state index in [-0.39, 0.29) is 5.82 Å². The Balaban J connectivity index is 1.61. The molecule has 0 heterocycles. The number of ether oxygens (including phenoxy) is 1. The zero-order valence-corrected chi connectivity index (χ0v) is 19.2. The van der Waals surface area contributed by atoms with E-state index in [1.54, 1.807) is 6.07 Å². The fourth-order valence-electron chi connectivity index (χ4n) is 4.74. The molecule has 0 saturated heterocycles. The first-order valence-corrected chi connectivity index (χ1v) is 12.6. The van der Waals surface area contributed by atoms with Gasteiger partial charge in [-0.15, -0.1) is 0 Å². The lowest BCUT2D eigenvalue weighted by atomic mass is 9.77. The molecule has 1 aliphatic rings. The van der Waals surface area contributed by atoms with E-state index in [9.17, 15) is 4.39 Å². The highest BCUT2D eigenvalue weighted by atomic mass is 19.1. The summed E-state index contributed by atoms with van der Waals surface area (Å²) in [6.07, 6.45) is 20.6. The second-order valence-corrected chi connectivity index (χ2v) is 9.29. The molecule has 1 aromatic carbocycles. The van der Waals surface area contributed by atoms with Crippen molar-refractivity contribution in [1.29, 1.82) is 0 Å². The molecule has 0 aliphatic heterocycles. The van der Waals surface area contributed by atoms with Crippen LogP contribution in [0.2, 0.25) is 0 Å². The smallest absolute Gasteiger partial charge is 0.130 e. The molecule has 0 amide bonds. The lowest BCUT2D eigenvalue weighted by molar-refractivity contribution is 0.248. The summed E-state index contributed by atoms with van der Waals surface area (Å²) >= 11 is 0. The Kier molecular flexibility index (Phi) is 12.4. The van der Waals surface area contributed by atoms with Gasteiger partial charge in [0.25, 0.3) is 0 Å². The molecule has 1 saturated carbocycles. The summed E-state index contributed by atoms with van der Waals surface area (Å²) in [4.78, 5) is 0. The Bertz CT molecular complexity index is 533. The van der Waals surface area contributed by atoms with Gasteiger partial charge >= 0.3 is 0 Å². The summed E-state index contributed by atoms with van der Waals surface area (Å²) in [5.41, 5.74) is 0.862. The van der Waals surface area contributed by atoms with E-state index in [0.717, 1.165) is 36.7 Å². The fourth-order valence-corrected chi connectivity index (χ4v) is 4.74. The van der Waals surface area contributed by atoms with Crippen LogP contribution in [0.25, 0.3) is 0 Å². The Labute approximate surface area is 179 Å². The van der Waals surface area contributed by atoms with Gasteiger partial charge in [0.15, 0.2) is 0 Å². The summed E-state index contributed by atoms with van der Waals surface area (Å²) < 4.78 is 20.2. The Morgan fingerprint density at radius 3 is 2.07 bits per heavy atom. The van der Waals surface area contributed by atoms with Crippen LogP contribution >= 0.6 is 0 Å². The molecule has 2 heteroatoms. The number of halogens is 1. The van der Waals surface area contributed by atoms with E-state index in [1.165, 1.54) is 83.5 Å². The molecule has 0 unspecified atom stereocenters. The SMILES string of the molecule is CCCCCCC[C@H]1CC[C@H](CCc2ccc(OCCCCCC)cc2F)CC1. The number of hydrogen-bond donors (Lipinski definition) is 0. The van der Waals surface area contributed by atoms with Crippen LogP contribution in [-0.4, -0.2) is 6.61 Å². The van der Waals surface area contributed by atoms with Gasteiger partial charge in [0.05, 0.1) is 6.61 Å². The van der Waals surface area contributed by atoms with Crippen LogP contribution in [0.4, 0.5) is 4.39 Å². The molecule has 1 fully saturated rings. The molecule has 0 N–H and O–H groups in total. The molecule has 29 heavy (non-hydrogen) atoms. The van der Waals surface area contributed by atoms with Crippen molar-refractivity contribution in [3.05, 3.63) is 29.6 Å². The third-order valence-corrected chi connectivity index (χ3v) is 6.80. The molecule has 1 aliphatic carbocycles. The molecule has 0 aromatic heterocycles. The predicted molar refractivity (Wildman–Crippen MR) is 123 cm³/mol. The van der Waals surface area contributed by atoms with Crippen molar-refractivity contribution in [2.24, 2.45) is 11.8 Å². The third-order valence-electron chi connectivity index (χ3n) is 6.80. The molecule has 2 rings (SSSR count). The van der Waals surface area contributed by atoms with Gasteiger partial charge < -0.3 is 4.74 Å². The maximum atomic E-state index is 14.4. The summed E-state index contributed by atoms with van der Waals surface area (Å²) in [6, 6.07) is 5.48. The summed E-state index contributed by atoms with van der Waals surface area (Å²) in [7, 11) is 0. The Hall–Kier alpha value is -1.05. The first kappa shape index (κ1) is 24.2. The molecule has 0 bridgehead atoms. The molecule has 0 radical (unpaired) electrons. The maximum absolute atomic E-state index is 14.4. The minimum Gasteiger partial charge on any atom is -0.493 e. The zero-order chi connectivity index (χ0) is 20.7. The second kappa shape index (κ2) is 14.9. The van der Waals surface area contributed by atoms with Gasteiger partial charge in [-0.25, -0.2) is 4.39 Å². The minimum atomic E-state index is -0.0863. The summed E-state index contributed by atoms with van der Waals surface area (Å²) in [5, 5.41) is 0. The molecule has 0 atom stereocenters. The lowest BCUT2D eigenvalue weighted by Crippen LogP contribution is -2.15. The molecule has 1 nitrogen and oxygen atoms in total. The van der Waals surface area contributed by atoms with Crippen LogP contribution in [0.5, 0.6) is 5.75 Å².